The van der Waals surface area contributed by atoms with Crippen molar-refractivity contribution in [2.75, 3.05) is 31.1 Å². The fraction of sp³-hybridized carbons (Fsp3) is 0.500. The number of aryl methyl sites for hydroxylation is 1. The Morgan fingerprint density at radius 2 is 1.94 bits per heavy atom. The van der Waals surface area contributed by atoms with Gasteiger partial charge in [-0.15, -0.1) is 5.10 Å². The van der Waals surface area contributed by atoms with Crippen molar-refractivity contribution in [1.82, 2.24) is 24.8 Å². The Bertz CT molecular complexity index is 1170. The van der Waals surface area contributed by atoms with Gasteiger partial charge in [-0.2, -0.15) is 4.52 Å². The van der Waals surface area contributed by atoms with Crippen molar-refractivity contribution >= 4 is 27.3 Å². The van der Waals surface area contributed by atoms with Crippen LogP contribution in [0.5, 0.6) is 0 Å². The summed E-state index contributed by atoms with van der Waals surface area (Å²) in [5.41, 5.74) is 1.87. The molecule has 3 aromatic rings. The van der Waals surface area contributed by atoms with Gasteiger partial charge in [0.1, 0.15) is 0 Å². The Kier molecular flexibility index (Phi) is 6.41. The molecule has 1 amide bonds. The van der Waals surface area contributed by atoms with Crippen molar-refractivity contribution < 1.29 is 4.79 Å². The molecule has 1 N–H and O–H groups in total. The van der Waals surface area contributed by atoms with E-state index in [2.05, 4.69) is 49.5 Å². The first-order valence-electron chi connectivity index (χ1n) is 11.7. The van der Waals surface area contributed by atoms with E-state index in [0.717, 1.165) is 57.0 Å². The Morgan fingerprint density at radius 3 is 2.73 bits per heavy atom. The summed E-state index contributed by atoms with van der Waals surface area (Å²) in [6.07, 6.45) is 3.80. The number of piperidine rings is 2. The Balaban J connectivity index is 1.16. The number of benzene rings is 1. The normalized spacial score (nSPS) is 20.3. The lowest BCUT2D eigenvalue weighted by Gasteiger charge is -2.35. The largest absolute Gasteiger partial charge is 0.353 e. The second-order valence-corrected chi connectivity index (χ2v) is 10.1. The minimum atomic E-state index is -0.162. The number of carbonyl (C=O) groups is 1. The first kappa shape index (κ1) is 22.0. The summed E-state index contributed by atoms with van der Waals surface area (Å²) in [5, 5.41) is 8.55. The van der Waals surface area contributed by atoms with E-state index in [4.69, 9.17) is 0 Å². The van der Waals surface area contributed by atoms with E-state index in [1.165, 1.54) is 27.5 Å². The number of rotatable bonds is 5. The van der Waals surface area contributed by atoms with Crippen LogP contribution >= 0.6 is 11.3 Å². The van der Waals surface area contributed by atoms with Gasteiger partial charge in [-0.05, 0) is 38.2 Å². The van der Waals surface area contributed by atoms with E-state index < -0.39 is 0 Å². The second-order valence-electron chi connectivity index (χ2n) is 9.14. The lowest BCUT2D eigenvalue weighted by Crippen LogP contribution is -2.49. The zero-order valence-corrected chi connectivity index (χ0v) is 19.8. The molecule has 9 heteroatoms. The van der Waals surface area contributed by atoms with Gasteiger partial charge in [0.05, 0.1) is 5.92 Å². The van der Waals surface area contributed by atoms with Gasteiger partial charge < -0.3 is 10.2 Å². The van der Waals surface area contributed by atoms with Crippen LogP contribution in [0, 0.1) is 12.8 Å². The molecule has 2 aromatic heterocycles. The van der Waals surface area contributed by atoms with Crippen molar-refractivity contribution in [2.45, 2.75) is 45.2 Å². The van der Waals surface area contributed by atoms with Crippen LogP contribution in [-0.4, -0.2) is 57.6 Å². The molecule has 1 aromatic carbocycles. The van der Waals surface area contributed by atoms with Crippen LogP contribution in [0.3, 0.4) is 0 Å². The Labute approximate surface area is 197 Å². The summed E-state index contributed by atoms with van der Waals surface area (Å²) >= 11 is 1.41. The third kappa shape index (κ3) is 5.09. The fourth-order valence-electron chi connectivity index (χ4n) is 4.80. The van der Waals surface area contributed by atoms with Crippen molar-refractivity contribution in [3.05, 3.63) is 58.0 Å². The second kappa shape index (κ2) is 9.61. The lowest BCUT2D eigenvalue weighted by molar-refractivity contribution is -0.126. The molecule has 2 saturated heterocycles. The van der Waals surface area contributed by atoms with Crippen molar-refractivity contribution in [3.63, 3.8) is 0 Å². The molecule has 2 aliphatic rings. The highest BCUT2D eigenvalue weighted by molar-refractivity contribution is 7.20. The van der Waals surface area contributed by atoms with E-state index >= 15 is 0 Å². The predicted molar refractivity (Wildman–Crippen MR) is 130 cm³/mol. The summed E-state index contributed by atoms with van der Waals surface area (Å²) < 4.78 is 1.36. The number of likely N-dealkylation sites (tertiary alicyclic amines) is 1. The average molecular weight is 467 g/mol. The molecule has 4 heterocycles. The number of fused-ring (bicyclic) bond motifs is 1. The van der Waals surface area contributed by atoms with Gasteiger partial charge in [-0.25, -0.2) is 4.98 Å². The summed E-state index contributed by atoms with van der Waals surface area (Å²) in [7, 11) is 0. The third-order valence-corrected chi connectivity index (χ3v) is 7.58. The zero-order valence-electron chi connectivity index (χ0n) is 18.9. The van der Waals surface area contributed by atoms with Crippen molar-refractivity contribution in [3.8, 4) is 0 Å². The number of carbonyl (C=O) groups excluding carboxylic acids is 1. The van der Waals surface area contributed by atoms with Gasteiger partial charge in [0, 0.05) is 50.5 Å². The van der Waals surface area contributed by atoms with E-state index in [0.29, 0.717) is 17.2 Å². The maximum Gasteiger partial charge on any atom is 0.275 e. The monoisotopic (exact) mass is 466 g/mol. The molecule has 0 radical (unpaired) electrons. The summed E-state index contributed by atoms with van der Waals surface area (Å²) in [5.74, 6) is 0.0907. The Morgan fingerprint density at radius 1 is 1.15 bits per heavy atom. The van der Waals surface area contributed by atoms with E-state index in [9.17, 15) is 9.59 Å². The number of nitrogens with one attached hydrogen (secondary N) is 1. The molecule has 5 rings (SSSR count). The van der Waals surface area contributed by atoms with Crippen molar-refractivity contribution in [1.29, 1.82) is 0 Å². The van der Waals surface area contributed by atoms with Crippen LogP contribution in [0.25, 0.3) is 4.96 Å². The highest BCUT2D eigenvalue weighted by atomic mass is 32.1. The number of nitrogens with zero attached hydrogens (tertiary/aromatic N) is 5. The molecule has 0 spiro atoms. The van der Waals surface area contributed by atoms with Gasteiger partial charge in [-0.1, -0.05) is 41.7 Å². The quantitative estimate of drug-likeness (QED) is 0.622. The highest BCUT2D eigenvalue weighted by Crippen LogP contribution is 2.27. The highest BCUT2D eigenvalue weighted by Gasteiger charge is 2.30. The number of hydrogen-bond acceptors (Lipinski definition) is 7. The number of amides is 1. The summed E-state index contributed by atoms with van der Waals surface area (Å²) in [6, 6.07) is 12.3. The molecular weight excluding hydrogens is 436 g/mol. The molecule has 0 aliphatic carbocycles. The van der Waals surface area contributed by atoms with Crippen LogP contribution in [0.1, 0.15) is 36.9 Å². The molecule has 1 unspecified atom stereocenters. The molecule has 0 bridgehead atoms. The van der Waals surface area contributed by atoms with Crippen LogP contribution < -0.4 is 15.8 Å². The maximum atomic E-state index is 13.1. The summed E-state index contributed by atoms with van der Waals surface area (Å²) in [6.45, 7) is 6.27. The molecule has 8 nitrogen and oxygen atoms in total. The van der Waals surface area contributed by atoms with Crippen LogP contribution in [0.2, 0.25) is 0 Å². The zero-order chi connectivity index (χ0) is 22.8. The fourth-order valence-corrected chi connectivity index (χ4v) is 5.79. The molecular formula is C24H30N6O2S. The van der Waals surface area contributed by atoms with Gasteiger partial charge in [0.15, 0.2) is 0 Å². The van der Waals surface area contributed by atoms with Crippen LogP contribution in [-0.2, 0) is 11.3 Å². The van der Waals surface area contributed by atoms with Gasteiger partial charge in [0.25, 0.3) is 5.56 Å². The molecule has 0 saturated carbocycles. The predicted octanol–water partition coefficient (Wildman–Crippen LogP) is 2.46. The minimum absolute atomic E-state index is 0.0560. The topological polar surface area (TPSA) is 82.8 Å². The number of anilines is 1. The molecule has 2 fully saturated rings. The molecule has 1 atom stereocenters. The van der Waals surface area contributed by atoms with E-state index in [1.807, 2.05) is 13.0 Å². The lowest BCUT2D eigenvalue weighted by atomic mass is 9.96. The maximum absolute atomic E-state index is 13.1. The standard InChI is InChI=1S/C24H30N6O2S/c1-17-14-21(31)30-23(25-17)33-24(27-30)29-11-5-8-19(16-29)22(32)26-20-9-12-28(13-10-20)15-18-6-3-2-4-7-18/h2-4,6-7,14,19-20H,5,8-13,15-16H2,1H3,(H,26,32). The minimum Gasteiger partial charge on any atom is -0.353 e. The smallest absolute Gasteiger partial charge is 0.275 e. The van der Waals surface area contributed by atoms with Crippen LogP contribution in [0.4, 0.5) is 5.13 Å². The Hall–Kier alpha value is -2.78. The van der Waals surface area contributed by atoms with Crippen molar-refractivity contribution in [2.24, 2.45) is 5.92 Å². The molecule has 174 valence electrons. The summed E-state index contributed by atoms with van der Waals surface area (Å²) in [4.78, 5) is 34.9. The van der Waals surface area contributed by atoms with Crippen LogP contribution in [0.15, 0.2) is 41.2 Å². The SMILES string of the molecule is Cc1cc(=O)n2nc(N3CCCC(C(=O)NC4CCN(Cc5ccccc5)CC4)C3)sc2n1. The molecule has 2 aliphatic heterocycles. The third-order valence-electron chi connectivity index (χ3n) is 6.61. The van der Waals surface area contributed by atoms with Gasteiger partial charge in [-0.3, -0.25) is 14.5 Å². The average Bonchev–Trinajstić information content (AvgIpc) is 3.26. The number of hydrogen-bond donors (Lipinski definition) is 1. The molecule has 33 heavy (non-hydrogen) atoms. The number of aromatic nitrogens is 3. The van der Waals surface area contributed by atoms with E-state index in [-0.39, 0.29) is 23.4 Å². The first-order chi connectivity index (χ1) is 16.0. The van der Waals surface area contributed by atoms with E-state index in [1.54, 1.807) is 0 Å². The first-order valence-corrected chi connectivity index (χ1v) is 12.6. The van der Waals surface area contributed by atoms with Gasteiger partial charge >= 0.3 is 0 Å². The van der Waals surface area contributed by atoms with Gasteiger partial charge in [0.2, 0.25) is 16.0 Å².